The van der Waals surface area contributed by atoms with E-state index < -0.39 is 12.1 Å². The van der Waals surface area contributed by atoms with Gasteiger partial charge in [0.25, 0.3) is 0 Å². The molecule has 0 aromatic carbocycles. The molecule has 0 saturated carbocycles. The van der Waals surface area contributed by atoms with E-state index in [0.29, 0.717) is 13.1 Å². The van der Waals surface area contributed by atoms with E-state index in [4.69, 9.17) is 5.73 Å². The maximum atomic E-state index is 12.1. The van der Waals surface area contributed by atoms with Crippen LogP contribution in [0.1, 0.15) is 34.1 Å². The SMILES string of the molecule is CC1CCN(C(=O)[C@H](N)C(C)(C)C)CC1O. The second-order valence-electron chi connectivity index (χ2n) is 5.96. The first-order valence-corrected chi connectivity index (χ1v) is 5.96. The largest absolute Gasteiger partial charge is 0.391 e. The molecule has 3 atom stereocenters. The van der Waals surface area contributed by atoms with Gasteiger partial charge in [0.15, 0.2) is 0 Å². The number of aliphatic hydroxyl groups is 1. The Balaban J connectivity index is 2.62. The predicted molar refractivity (Wildman–Crippen MR) is 63.8 cm³/mol. The number of rotatable bonds is 1. The Labute approximate surface area is 97.8 Å². The van der Waals surface area contributed by atoms with Crippen LogP contribution >= 0.6 is 0 Å². The second-order valence-corrected chi connectivity index (χ2v) is 5.96. The lowest BCUT2D eigenvalue weighted by Gasteiger charge is -2.38. The van der Waals surface area contributed by atoms with Crippen LogP contribution in [0.25, 0.3) is 0 Å². The van der Waals surface area contributed by atoms with Crippen molar-refractivity contribution in [3.8, 4) is 0 Å². The summed E-state index contributed by atoms with van der Waals surface area (Å²) < 4.78 is 0. The van der Waals surface area contributed by atoms with Gasteiger partial charge in [-0.3, -0.25) is 4.79 Å². The Morgan fingerprint density at radius 3 is 2.50 bits per heavy atom. The number of hydrogen-bond donors (Lipinski definition) is 2. The summed E-state index contributed by atoms with van der Waals surface area (Å²) in [6.45, 7) is 9.01. The summed E-state index contributed by atoms with van der Waals surface area (Å²) >= 11 is 0. The number of nitrogens with two attached hydrogens (primary N) is 1. The van der Waals surface area contributed by atoms with Crippen molar-refractivity contribution in [2.75, 3.05) is 13.1 Å². The highest BCUT2D eigenvalue weighted by Gasteiger charge is 2.34. The lowest BCUT2D eigenvalue weighted by atomic mass is 9.85. The van der Waals surface area contributed by atoms with Gasteiger partial charge in [-0.05, 0) is 17.8 Å². The minimum Gasteiger partial charge on any atom is -0.391 e. The van der Waals surface area contributed by atoms with E-state index in [9.17, 15) is 9.90 Å². The van der Waals surface area contributed by atoms with Gasteiger partial charge >= 0.3 is 0 Å². The number of likely N-dealkylation sites (tertiary alicyclic amines) is 1. The molecule has 1 saturated heterocycles. The third-order valence-electron chi connectivity index (χ3n) is 3.43. The van der Waals surface area contributed by atoms with E-state index in [2.05, 4.69) is 0 Å². The van der Waals surface area contributed by atoms with E-state index >= 15 is 0 Å². The molecule has 1 fully saturated rings. The van der Waals surface area contributed by atoms with Crippen LogP contribution in [-0.4, -0.2) is 41.1 Å². The molecule has 4 heteroatoms. The summed E-state index contributed by atoms with van der Waals surface area (Å²) in [7, 11) is 0. The van der Waals surface area contributed by atoms with Crippen molar-refractivity contribution in [3.05, 3.63) is 0 Å². The highest BCUT2D eigenvalue weighted by atomic mass is 16.3. The number of aliphatic hydroxyl groups excluding tert-OH is 1. The number of piperidine rings is 1. The van der Waals surface area contributed by atoms with Crippen molar-refractivity contribution < 1.29 is 9.90 Å². The van der Waals surface area contributed by atoms with Crippen LogP contribution in [0, 0.1) is 11.3 Å². The van der Waals surface area contributed by atoms with Gasteiger partial charge in [0.05, 0.1) is 12.1 Å². The van der Waals surface area contributed by atoms with E-state index in [0.717, 1.165) is 6.42 Å². The molecular formula is C12H24N2O2. The fourth-order valence-corrected chi connectivity index (χ4v) is 1.82. The summed E-state index contributed by atoms with van der Waals surface area (Å²) in [5.74, 6) is 0.230. The number of amides is 1. The molecule has 1 rings (SSSR count). The number of carbonyl (C=O) groups is 1. The fourth-order valence-electron chi connectivity index (χ4n) is 1.82. The van der Waals surface area contributed by atoms with Crippen molar-refractivity contribution in [1.29, 1.82) is 0 Å². The molecule has 94 valence electrons. The second kappa shape index (κ2) is 4.72. The minimum atomic E-state index is -0.492. The molecule has 0 aromatic heterocycles. The Hall–Kier alpha value is -0.610. The van der Waals surface area contributed by atoms with Crippen molar-refractivity contribution in [3.63, 3.8) is 0 Å². The molecule has 3 N–H and O–H groups in total. The number of hydrogen-bond acceptors (Lipinski definition) is 3. The van der Waals surface area contributed by atoms with Crippen molar-refractivity contribution in [2.45, 2.75) is 46.3 Å². The van der Waals surface area contributed by atoms with Gasteiger partial charge in [0.2, 0.25) is 5.91 Å². The molecule has 1 aliphatic rings. The number of nitrogens with zero attached hydrogens (tertiary/aromatic N) is 1. The first kappa shape index (κ1) is 13.5. The third kappa shape index (κ3) is 2.95. The maximum Gasteiger partial charge on any atom is 0.240 e. The van der Waals surface area contributed by atoms with Gasteiger partial charge in [-0.1, -0.05) is 27.7 Å². The molecule has 0 aliphatic carbocycles. The van der Waals surface area contributed by atoms with Gasteiger partial charge in [0.1, 0.15) is 0 Å². The molecule has 4 nitrogen and oxygen atoms in total. The molecule has 2 unspecified atom stereocenters. The fraction of sp³-hybridized carbons (Fsp3) is 0.917. The van der Waals surface area contributed by atoms with Crippen LogP contribution in [-0.2, 0) is 4.79 Å². The molecular weight excluding hydrogens is 204 g/mol. The lowest BCUT2D eigenvalue weighted by Crippen LogP contribution is -2.55. The molecule has 0 radical (unpaired) electrons. The quantitative estimate of drug-likeness (QED) is 0.690. The van der Waals surface area contributed by atoms with Crippen LogP contribution in [0.15, 0.2) is 0 Å². The summed E-state index contributed by atoms with van der Waals surface area (Å²) in [4.78, 5) is 13.8. The average Bonchev–Trinajstić information content (AvgIpc) is 2.18. The monoisotopic (exact) mass is 228 g/mol. The van der Waals surface area contributed by atoms with E-state index in [-0.39, 0.29) is 17.2 Å². The Bertz CT molecular complexity index is 260. The molecule has 0 spiro atoms. The summed E-state index contributed by atoms with van der Waals surface area (Å²) in [6.07, 6.45) is 0.439. The first-order valence-electron chi connectivity index (χ1n) is 5.96. The molecule has 16 heavy (non-hydrogen) atoms. The normalized spacial score (nSPS) is 29.0. The van der Waals surface area contributed by atoms with Crippen molar-refractivity contribution >= 4 is 5.91 Å². The molecule has 1 aliphatic heterocycles. The van der Waals surface area contributed by atoms with Gasteiger partial charge in [0, 0.05) is 13.1 Å². The topological polar surface area (TPSA) is 66.6 Å². The molecule has 0 bridgehead atoms. The highest BCUT2D eigenvalue weighted by molar-refractivity contribution is 5.82. The van der Waals surface area contributed by atoms with Crippen LogP contribution in [0.4, 0.5) is 0 Å². The summed E-state index contributed by atoms with van der Waals surface area (Å²) in [5.41, 5.74) is 5.70. The van der Waals surface area contributed by atoms with Crippen LogP contribution in [0.2, 0.25) is 0 Å². The van der Waals surface area contributed by atoms with E-state index in [1.165, 1.54) is 0 Å². The van der Waals surface area contributed by atoms with Gasteiger partial charge in [-0.15, -0.1) is 0 Å². The Morgan fingerprint density at radius 2 is 2.06 bits per heavy atom. The predicted octanol–water partition coefficient (Wildman–Crippen LogP) is 0.589. The zero-order chi connectivity index (χ0) is 12.5. The third-order valence-corrected chi connectivity index (χ3v) is 3.43. The molecule has 1 amide bonds. The zero-order valence-electron chi connectivity index (χ0n) is 10.7. The molecule has 0 aromatic rings. The van der Waals surface area contributed by atoms with Crippen LogP contribution in [0.3, 0.4) is 0 Å². The van der Waals surface area contributed by atoms with Crippen LogP contribution in [0.5, 0.6) is 0 Å². The van der Waals surface area contributed by atoms with E-state index in [1.807, 2.05) is 27.7 Å². The standard InChI is InChI=1S/C12H24N2O2/c1-8-5-6-14(7-9(8)15)11(16)10(13)12(2,3)4/h8-10,15H,5-7,13H2,1-4H3/t8?,9?,10-/m0/s1. The van der Waals surface area contributed by atoms with Gasteiger partial charge in [-0.2, -0.15) is 0 Å². The zero-order valence-corrected chi connectivity index (χ0v) is 10.7. The average molecular weight is 228 g/mol. The Kier molecular flexibility index (Phi) is 3.97. The summed E-state index contributed by atoms with van der Waals surface area (Å²) in [6, 6.07) is -0.492. The lowest BCUT2D eigenvalue weighted by molar-refractivity contribution is -0.139. The number of β-amino-alcohol motifs (C(OH)–C–C–N with tert-alkyl or cyclic N) is 1. The minimum absolute atomic E-state index is 0.0431. The van der Waals surface area contributed by atoms with Gasteiger partial charge < -0.3 is 15.7 Å². The molecule has 1 heterocycles. The van der Waals surface area contributed by atoms with E-state index in [1.54, 1.807) is 4.90 Å². The van der Waals surface area contributed by atoms with Crippen molar-refractivity contribution in [1.82, 2.24) is 4.90 Å². The maximum absolute atomic E-state index is 12.1. The smallest absolute Gasteiger partial charge is 0.240 e. The van der Waals surface area contributed by atoms with Crippen molar-refractivity contribution in [2.24, 2.45) is 17.1 Å². The highest BCUT2D eigenvalue weighted by Crippen LogP contribution is 2.22. The summed E-state index contributed by atoms with van der Waals surface area (Å²) in [5, 5.41) is 9.75. The van der Waals surface area contributed by atoms with Gasteiger partial charge in [-0.25, -0.2) is 0 Å². The Morgan fingerprint density at radius 1 is 1.50 bits per heavy atom. The van der Waals surface area contributed by atoms with Crippen LogP contribution < -0.4 is 5.73 Å². The first-order chi connectivity index (χ1) is 7.23. The number of carbonyl (C=O) groups excluding carboxylic acids is 1.